The summed E-state index contributed by atoms with van der Waals surface area (Å²) in [7, 11) is 0. The second-order valence-electron chi connectivity index (χ2n) is 9.64. The Morgan fingerprint density at radius 3 is 2.71 bits per heavy atom. The van der Waals surface area contributed by atoms with E-state index in [0.29, 0.717) is 11.8 Å². The van der Waals surface area contributed by atoms with Crippen LogP contribution in [0.25, 0.3) is 10.2 Å². The zero-order valence-corrected chi connectivity index (χ0v) is 19.5. The van der Waals surface area contributed by atoms with E-state index in [9.17, 15) is 9.90 Å². The third-order valence-corrected chi connectivity index (χ3v) is 7.26. The van der Waals surface area contributed by atoms with Gasteiger partial charge in [-0.25, -0.2) is 14.8 Å². The molecule has 2 aliphatic carbocycles. The lowest BCUT2D eigenvalue weighted by molar-refractivity contribution is 0.0470. The largest absolute Gasteiger partial charge is 0.474 e. The number of nitrogens with zero attached hydrogens (tertiary/aromatic N) is 2. The Labute approximate surface area is 187 Å². The van der Waals surface area contributed by atoms with Crippen LogP contribution in [0.5, 0.6) is 5.88 Å². The van der Waals surface area contributed by atoms with E-state index in [1.807, 2.05) is 20.8 Å². The normalized spacial score (nSPS) is 23.9. The van der Waals surface area contributed by atoms with Gasteiger partial charge >= 0.3 is 6.09 Å². The van der Waals surface area contributed by atoms with E-state index in [1.165, 1.54) is 10.4 Å². The first-order valence-corrected chi connectivity index (χ1v) is 12.2. The van der Waals surface area contributed by atoms with E-state index >= 15 is 0 Å². The number of thiophene rings is 1. The Bertz CT molecular complexity index is 915. The molecule has 0 bridgehead atoms. The van der Waals surface area contributed by atoms with Crippen molar-refractivity contribution in [2.75, 3.05) is 6.61 Å². The number of rotatable bonds is 5. The second kappa shape index (κ2) is 9.28. The maximum Gasteiger partial charge on any atom is 0.407 e. The Kier molecular flexibility index (Phi) is 6.67. The second-order valence-corrected chi connectivity index (χ2v) is 10.7. The molecule has 8 heteroatoms. The van der Waals surface area contributed by atoms with Gasteiger partial charge in [0.2, 0.25) is 5.88 Å². The van der Waals surface area contributed by atoms with Crippen molar-refractivity contribution in [2.45, 2.75) is 95.8 Å². The molecule has 0 spiro atoms. The average Bonchev–Trinajstić information content (AvgIpc) is 3.09. The average molecular weight is 448 g/mol. The summed E-state index contributed by atoms with van der Waals surface area (Å²) >= 11 is 1.74. The van der Waals surface area contributed by atoms with Crippen LogP contribution in [0.3, 0.4) is 0 Å². The fraction of sp³-hybridized carbons (Fsp3) is 0.696. The number of nitrogens with one attached hydrogen (secondary N) is 1. The van der Waals surface area contributed by atoms with Crippen molar-refractivity contribution in [3.8, 4) is 5.88 Å². The first kappa shape index (κ1) is 22.3. The molecule has 1 amide bonds. The monoisotopic (exact) mass is 447 g/mol. The number of carbonyl (C=O) groups excluding carboxylic acids is 1. The van der Waals surface area contributed by atoms with E-state index in [0.717, 1.165) is 61.6 Å². The minimum absolute atomic E-state index is 0.0743. The van der Waals surface area contributed by atoms with Crippen molar-refractivity contribution in [1.29, 1.82) is 0 Å². The SMILES string of the molecule is CC(C)(C)OC(=O)N[C@H]1CC[C@H](Oc2ncnc3sc4c(c23)[C@@H](CCO)CCC4)CC1. The van der Waals surface area contributed by atoms with E-state index in [4.69, 9.17) is 9.47 Å². The van der Waals surface area contributed by atoms with Gasteiger partial charge in [-0.05, 0) is 83.6 Å². The predicted octanol–water partition coefficient (Wildman–Crippen LogP) is 4.71. The summed E-state index contributed by atoms with van der Waals surface area (Å²) in [5.74, 6) is 1.03. The van der Waals surface area contributed by atoms with E-state index in [1.54, 1.807) is 17.7 Å². The highest BCUT2D eigenvalue weighted by Crippen LogP contribution is 2.45. The highest BCUT2D eigenvalue weighted by molar-refractivity contribution is 7.18. The number of ether oxygens (including phenoxy) is 2. The van der Waals surface area contributed by atoms with Gasteiger partial charge in [0, 0.05) is 17.5 Å². The van der Waals surface area contributed by atoms with Crippen LogP contribution >= 0.6 is 11.3 Å². The number of hydrogen-bond donors (Lipinski definition) is 2. The van der Waals surface area contributed by atoms with Crippen LogP contribution in [-0.4, -0.2) is 45.5 Å². The summed E-state index contributed by atoms with van der Waals surface area (Å²) in [5, 5.41) is 13.6. The van der Waals surface area contributed by atoms with Gasteiger partial charge in [0.05, 0.1) is 5.39 Å². The number of aryl methyl sites for hydroxylation is 1. The standard InChI is InChI=1S/C23H33N3O4S/c1-23(2,3)30-22(28)26-15-7-9-16(10-8-15)29-20-19-18-14(11-12-27)5-4-6-17(18)31-21(19)25-13-24-20/h13-16,27H,4-12H2,1-3H3,(H,26,28)/t14-,15-,16-/m1/s1. The molecule has 0 radical (unpaired) electrons. The van der Waals surface area contributed by atoms with Gasteiger partial charge in [-0.15, -0.1) is 11.3 Å². The third kappa shape index (κ3) is 5.29. The number of aliphatic hydroxyl groups excluding tert-OH is 1. The van der Waals surface area contributed by atoms with E-state index in [-0.39, 0.29) is 24.8 Å². The fourth-order valence-corrected chi connectivity index (χ4v) is 5.99. The van der Waals surface area contributed by atoms with Gasteiger partial charge in [0.1, 0.15) is 22.9 Å². The number of alkyl carbamates (subject to hydrolysis) is 1. The maximum atomic E-state index is 12.0. The Hall–Kier alpha value is -1.93. The van der Waals surface area contributed by atoms with Crippen molar-refractivity contribution in [3.63, 3.8) is 0 Å². The number of hydrogen-bond acceptors (Lipinski definition) is 7. The Morgan fingerprint density at radius 1 is 1.23 bits per heavy atom. The molecule has 31 heavy (non-hydrogen) atoms. The number of fused-ring (bicyclic) bond motifs is 3. The third-order valence-electron chi connectivity index (χ3n) is 6.08. The molecule has 1 fully saturated rings. The predicted molar refractivity (Wildman–Crippen MR) is 121 cm³/mol. The number of aromatic nitrogens is 2. The van der Waals surface area contributed by atoms with Crippen LogP contribution in [-0.2, 0) is 11.2 Å². The van der Waals surface area contributed by atoms with Crippen LogP contribution in [0.1, 0.15) is 82.1 Å². The molecule has 1 atom stereocenters. The van der Waals surface area contributed by atoms with Gasteiger partial charge in [-0.1, -0.05) is 0 Å². The first-order valence-electron chi connectivity index (χ1n) is 11.4. The quantitative estimate of drug-likeness (QED) is 0.690. The molecule has 2 heterocycles. The maximum absolute atomic E-state index is 12.0. The molecule has 2 N–H and O–H groups in total. The minimum atomic E-state index is -0.490. The zero-order chi connectivity index (χ0) is 22.0. The van der Waals surface area contributed by atoms with Crippen molar-refractivity contribution in [1.82, 2.24) is 15.3 Å². The molecule has 170 valence electrons. The molecule has 2 aromatic heterocycles. The minimum Gasteiger partial charge on any atom is -0.474 e. The van der Waals surface area contributed by atoms with Crippen molar-refractivity contribution < 1.29 is 19.4 Å². The molecule has 4 rings (SSSR count). The Morgan fingerprint density at radius 2 is 2.00 bits per heavy atom. The molecule has 7 nitrogen and oxygen atoms in total. The van der Waals surface area contributed by atoms with Crippen LogP contribution in [0.2, 0.25) is 0 Å². The van der Waals surface area contributed by atoms with E-state index in [2.05, 4.69) is 15.3 Å². The smallest absolute Gasteiger partial charge is 0.407 e. The number of aliphatic hydroxyl groups is 1. The van der Waals surface area contributed by atoms with Gasteiger partial charge in [-0.2, -0.15) is 0 Å². The molecular weight excluding hydrogens is 414 g/mol. The molecule has 2 aliphatic rings. The fourth-order valence-electron chi connectivity index (χ4n) is 4.74. The lowest BCUT2D eigenvalue weighted by Crippen LogP contribution is -2.42. The van der Waals surface area contributed by atoms with Crippen molar-refractivity contribution in [3.05, 3.63) is 16.8 Å². The highest BCUT2D eigenvalue weighted by Gasteiger charge is 2.30. The summed E-state index contributed by atoms with van der Waals surface area (Å²) in [6, 6.07) is 0.114. The van der Waals surface area contributed by atoms with Gasteiger partial charge in [-0.3, -0.25) is 0 Å². The van der Waals surface area contributed by atoms with Crippen LogP contribution < -0.4 is 10.1 Å². The first-order chi connectivity index (χ1) is 14.8. The van der Waals surface area contributed by atoms with Gasteiger partial charge < -0.3 is 19.9 Å². The van der Waals surface area contributed by atoms with Crippen LogP contribution in [0, 0.1) is 0 Å². The summed E-state index contributed by atoms with van der Waals surface area (Å²) in [4.78, 5) is 23.4. The molecule has 0 aromatic carbocycles. The van der Waals surface area contributed by atoms with Crippen molar-refractivity contribution in [2.24, 2.45) is 0 Å². The molecule has 0 aliphatic heterocycles. The van der Waals surface area contributed by atoms with Gasteiger partial charge in [0.15, 0.2) is 0 Å². The molecule has 0 unspecified atom stereocenters. The van der Waals surface area contributed by atoms with Crippen LogP contribution in [0.15, 0.2) is 6.33 Å². The highest BCUT2D eigenvalue weighted by atomic mass is 32.1. The van der Waals surface area contributed by atoms with Crippen molar-refractivity contribution >= 4 is 27.6 Å². The lowest BCUT2D eigenvalue weighted by atomic mass is 9.84. The molecule has 0 saturated heterocycles. The van der Waals surface area contributed by atoms with E-state index < -0.39 is 5.60 Å². The summed E-state index contributed by atoms with van der Waals surface area (Å²) in [6.07, 6.45) is 8.83. The molecular formula is C23H33N3O4S. The topological polar surface area (TPSA) is 93.6 Å². The zero-order valence-electron chi connectivity index (χ0n) is 18.6. The number of amides is 1. The Balaban J connectivity index is 1.43. The lowest BCUT2D eigenvalue weighted by Gasteiger charge is -2.30. The summed E-state index contributed by atoms with van der Waals surface area (Å²) in [6.45, 7) is 5.80. The molecule has 2 aromatic rings. The molecule has 1 saturated carbocycles. The van der Waals surface area contributed by atoms with Crippen LogP contribution in [0.4, 0.5) is 4.79 Å². The van der Waals surface area contributed by atoms with Gasteiger partial charge in [0.25, 0.3) is 0 Å². The number of carbonyl (C=O) groups is 1. The summed E-state index contributed by atoms with van der Waals surface area (Å²) in [5.41, 5.74) is 0.812. The summed E-state index contributed by atoms with van der Waals surface area (Å²) < 4.78 is 11.8.